The topological polar surface area (TPSA) is 72.5 Å². The Labute approximate surface area is 165 Å². The van der Waals surface area contributed by atoms with Crippen LogP contribution in [0.4, 0.5) is 0 Å². The molecule has 0 bridgehead atoms. The van der Waals surface area contributed by atoms with Crippen molar-refractivity contribution in [3.63, 3.8) is 0 Å². The third-order valence-corrected chi connectivity index (χ3v) is 5.86. The molecule has 0 saturated heterocycles. The van der Waals surface area contributed by atoms with E-state index in [1.807, 2.05) is 25.1 Å². The molecule has 5 nitrogen and oxygen atoms in total. The maximum Gasteiger partial charge on any atom is 0.220 e. The van der Waals surface area contributed by atoms with Gasteiger partial charge in [0.1, 0.15) is 5.60 Å². The molecule has 1 N–H and O–H groups in total. The number of amides is 1. The lowest BCUT2D eigenvalue weighted by atomic mass is 9.95. The lowest BCUT2D eigenvalue weighted by Crippen LogP contribution is -2.40. The first kappa shape index (κ1) is 21.4. The summed E-state index contributed by atoms with van der Waals surface area (Å²) in [6.07, 6.45) is 1.99. The van der Waals surface area contributed by atoms with Crippen LogP contribution in [0.3, 0.4) is 0 Å². The Balaban J connectivity index is 1.91. The van der Waals surface area contributed by atoms with E-state index in [-0.39, 0.29) is 10.8 Å². The van der Waals surface area contributed by atoms with Crippen LogP contribution in [0, 0.1) is 0 Å². The van der Waals surface area contributed by atoms with Crippen molar-refractivity contribution >= 4 is 27.3 Å². The number of halogens is 1. The summed E-state index contributed by atoms with van der Waals surface area (Å²) in [6, 6.07) is 13.9. The number of hydrogen-bond donors (Lipinski definition) is 1. The zero-order valence-electron chi connectivity index (χ0n) is 15.7. The number of rotatable bonds is 8. The molecule has 0 aliphatic heterocycles. The molecule has 0 fully saturated rings. The number of ether oxygens (including phenoxy) is 1. The molecule has 2 aromatic carbocycles. The van der Waals surface area contributed by atoms with E-state index < -0.39 is 15.4 Å². The Kier molecular flexibility index (Phi) is 7.03. The lowest BCUT2D eigenvalue weighted by molar-refractivity contribution is -0.122. The van der Waals surface area contributed by atoms with Gasteiger partial charge in [-0.05, 0) is 48.7 Å². The maximum atomic E-state index is 12.2. The van der Waals surface area contributed by atoms with E-state index in [1.54, 1.807) is 37.4 Å². The van der Waals surface area contributed by atoms with E-state index in [9.17, 15) is 13.2 Å². The van der Waals surface area contributed by atoms with Crippen LogP contribution in [-0.2, 0) is 31.4 Å². The van der Waals surface area contributed by atoms with Crippen LogP contribution in [0.1, 0.15) is 24.5 Å². The monoisotopic (exact) mass is 409 g/mol. The van der Waals surface area contributed by atoms with Gasteiger partial charge in [0.05, 0.1) is 11.4 Å². The smallest absolute Gasteiger partial charge is 0.220 e. The second kappa shape index (κ2) is 8.87. The summed E-state index contributed by atoms with van der Waals surface area (Å²) < 4.78 is 28.6. The number of methoxy groups -OCH3 is 1. The minimum absolute atomic E-state index is 0.104. The largest absolute Gasteiger partial charge is 0.372 e. The molecule has 0 spiro atoms. The van der Waals surface area contributed by atoms with E-state index >= 15 is 0 Å². The second-order valence-electron chi connectivity index (χ2n) is 6.64. The summed E-state index contributed by atoms with van der Waals surface area (Å²) in [4.78, 5) is 12.5. The molecule has 0 aliphatic rings. The van der Waals surface area contributed by atoms with E-state index in [2.05, 4.69) is 5.32 Å². The number of sulfone groups is 1. The van der Waals surface area contributed by atoms with Crippen LogP contribution in [0.5, 0.6) is 0 Å². The molecule has 0 saturated carbocycles. The van der Waals surface area contributed by atoms with Gasteiger partial charge in [0.2, 0.25) is 5.91 Å². The SMILES string of the molecule is COC(C)(CNC(=O)CCc1ccc(S(C)(=O)=O)cc1)c1cccc(Cl)c1. The molecule has 0 heterocycles. The highest BCUT2D eigenvalue weighted by atomic mass is 35.5. The third kappa shape index (κ3) is 6.06. The third-order valence-electron chi connectivity index (χ3n) is 4.50. The summed E-state index contributed by atoms with van der Waals surface area (Å²) in [5, 5.41) is 3.51. The first-order valence-electron chi connectivity index (χ1n) is 8.51. The van der Waals surface area contributed by atoms with E-state index in [0.29, 0.717) is 24.4 Å². The van der Waals surface area contributed by atoms with Crippen LogP contribution in [0.15, 0.2) is 53.4 Å². The molecule has 27 heavy (non-hydrogen) atoms. The van der Waals surface area contributed by atoms with E-state index in [0.717, 1.165) is 11.1 Å². The van der Waals surface area contributed by atoms with E-state index in [1.165, 1.54) is 6.26 Å². The fraction of sp³-hybridized carbons (Fsp3) is 0.350. The molecule has 0 aliphatic carbocycles. The molecule has 7 heteroatoms. The van der Waals surface area contributed by atoms with Gasteiger partial charge in [-0.25, -0.2) is 8.42 Å². The van der Waals surface area contributed by atoms with Gasteiger partial charge in [-0.2, -0.15) is 0 Å². The number of hydrogen-bond acceptors (Lipinski definition) is 4. The summed E-state index contributed by atoms with van der Waals surface area (Å²) in [5.74, 6) is -0.104. The highest BCUT2D eigenvalue weighted by Crippen LogP contribution is 2.26. The van der Waals surface area contributed by atoms with Crippen molar-refractivity contribution in [3.05, 3.63) is 64.7 Å². The van der Waals surface area contributed by atoms with Crippen molar-refractivity contribution in [2.24, 2.45) is 0 Å². The highest BCUT2D eigenvalue weighted by Gasteiger charge is 2.27. The minimum Gasteiger partial charge on any atom is -0.372 e. The molecular weight excluding hydrogens is 386 g/mol. The summed E-state index contributed by atoms with van der Waals surface area (Å²) in [6.45, 7) is 2.21. The molecule has 1 atom stereocenters. The van der Waals surface area contributed by atoms with Crippen LogP contribution in [0.25, 0.3) is 0 Å². The van der Waals surface area contributed by atoms with Gasteiger partial charge >= 0.3 is 0 Å². The fourth-order valence-electron chi connectivity index (χ4n) is 2.63. The van der Waals surface area contributed by atoms with Crippen molar-refractivity contribution in [2.75, 3.05) is 19.9 Å². The molecule has 146 valence electrons. The van der Waals surface area contributed by atoms with Crippen LogP contribution in [0.2, 0.25) is 5.02 Å². The van der Waals surface area contributed by atoms with Crippen molar-refractivity contribution in [1.29, 1.82) is 0 Å². The van der Waals surface area contributed by atoms with Crippen molar-refractivity contribution in [3.8, 4) is 0 Å². The van der Waals surface area contributed by atoms with Gasteiger partial charge in [0.25, 0.3) is 0 Å². The van der Waals surface area contributed by atoms with Gasteiger partial charge in [-0.3, -0.25) is 4.79 Å². The quantitative estimate of drug-likeness (QED) is 0.725. The predicted molar refractivity (Wildman–Crippen MR) is 107 cm³/mol. The molecule has 0 aromatic heterocycles. The van der Waals surface area contributed by atoms with Gasteiger partial charge < -0.3 is 10.1 Å². The second-order valence-corrected chi connectivity index (χ2v) is 9.09. The summed E-state index contributed by atoms with van der Waals surface area (Å²) >= 11 is 6.05. The Hall–Kier alpha value is -1.89. The average molecular weight is 410 g/mol. The Bertz CT molecular complexity index is 896. The van der Waals surface area contributed by atoms with Gasteiger partial charge in [0, 0.05) is 24.8 Å². The number of nitrogens with one attached hydrogen (secondary N) is 1. The average Bonchev–Trinajstić information content (AvgIpc) is 2.64. The fourth-order valence-corrected chi connectivity index (χ4v) is 3.45. The molecule has 1 unspecified atom stereocenters. The first-order chi connectivity index (χ1) is 12.6. The summed E-state index contributed by atoms with van der Waals surface area (Å²) in [7, 11) is -1.62. The number of carbonyl (C=O) groups is 1. The summed E-state index contributed by atoms with van der Waals surface area (Å²) in [5.41, 5.74) is 1.11. The van der Waals surface area contributed by atoms with Crippen LogP contribution < -0.4 is 5.32 Å². The first-order valence-corrected chi connectivity index (χ1v) is 10.8. The molecule has 0 radical (unpaired) electrons. The number of carbonyl (C=O) groups excluding carboxylic acids is 1. The van der Waals surface area contributed by atoms with Crippen molar-refractivity contribution in [1.82, 2.24) is 5.32 Å². The van der Waals surface area contributed by atoms with Gasteiger partial charge in [-0.15, -0.1) is 0 Å². The normalized spacial score (nSPS) is 13.8. The zero-order valence-corrected chi connectivity index (χ0v) is 17.2. The Morgan fingerprint density at radius 1 is 1.19 bits per heavy atom. The lowest BCUT2D eigenvalue weighted by Gasteiger charge is -2.29. The van der Waals surface area contributed by atoms with Gasteiger partial charge in [-0.1, -0.05) is 35.9 Å². The standard InChI is InChI=1S/C20H24ClNO4S/c1-20(26-2,16-5-4-6-17(21)13-16)14-22-19(23)12-9-15-7-10-18(11-8-15)27(3,24)25/h4-8,10-11,13H,9,12,14H2,1-3H3,(H,22,23). The van der Waals surface area contributed by atoms with Crippen molar-refractivity contribution < 1.29 is 17.9 Å². The zero-order chi connectivity index (χ0) is 20.1. The molecule has 2 rings (SSSR count). The minimum atomic E-state index is -3.21. The predicted octanol–water partition coefficient (Wildman–Crippen LogP) is 3.35. The highest BCUT2D eigenvalue weighted by molar-refractivity contribution is 7.90. The van der Waals surface area contributed by atoms with Gasteiger partial charge in [0.15, 0.2) is 9.84 Å². The molecule has 1 amide bonds. The van der Waals surface area contributed by atoms with Crippen LogP contribution in [-0.4, -0.2) is 34.2 Å². The van der Waals surface area contributed by atoms with E-state index in [4.69, 9.17) is 16.3 Å². The van der Waals surface area contributed by atoms with Crippen LogP contribution >= 0.6 is 11.6 Å². The Morgan fingerprint density at radius 3 is 2.41 bits per heavy atom. The molecule has 2 aromatic rings. The maximum absolute atomic E-state index is 12.2. The van der Waals surface area contributed by atoms with Crippen molar-refractivity contribution in [2.45, 2.75) is 30.3 Å². The Morgan fingerprint density at radius 2 is 1.85 bits per heavy atom. The number of benzene rings is 2. The molecular formula is C20H24ClNO4S. The number of aryl methyl sites for hydroxylation is 1.